The highest BCUT2D eigenvalue weighted by molar-refractivity contribution is 7.26. The summed E-state index contributed by atoms with van der Waals surface area (Å²) in [4.78, 5) is 5.26. The fourth-order valence-electron chi connectivity index (χ4n) is 10.2. The third-order valence-corrected chi connectivity index (χ3v) is 13.8. The van der Waals surface area contributed by atoms with E-state index in [1.807, 2.05) is 11.3 Å². The van der Waals surface area contributed by atoms with Gasteiger partial charge in [-0.15, -0.1) is 11.3 Å². The molecule has 0 saturated heterocycles. The minimum atomic E-state index is -0.0589. The van der Waals surface area contributed by atoms with Gasteiger partial charge in [0.15, 0.2) is 0 Å². The van der Waals surface area contributed by atoms with Crippen molar-refractivity contribution in [3.8, 4) is 33.4 Å². The van der Waals surface area contributed by atoms with Crippen molar-refractivity contribution in [1.29, 1.82) is 0 Å². The Morgan fingerprint density at radius 3 is 2.05 bits per heavy atom. The highest BCUT2D eigenvalue weighted by atomic mass is 32.1. The van der Waals surface area contributed by atoms with Gasteiger partial charge in [0, 0.05) is 54.0 Å². The van der Waals surface area contributed by atoms with E-state index in [9.17, 15) is 0 Å². The van der Waals surface area contributed by atoms with Crippen LogP contribution in [0.25, 0.3) is 53.6 Å². The van der Waals surface area contributed by atoms with Crippen LogP contribution in [0.4, 0.5) is 28.4 Å². The van der Waals surface area contributed by atoms with Crippen molar-refractivity contribution in [1.82, 2.24) is 0 Å². The number of thiophene rings is 1. The molecule has 0 fully saturated rings. The molecule has 8 aromatic carbocycles. The highest BCUT2D eigenvalue weighted by Crippen LogP contribution is 2.51. The SMILES string of the molecule is CCCCc1ccc(N2c3cc4c(cc3B3c5c(cc(-c6c(C)cc(C)cc6C)cc52)-c2ccccc2N3c2ccccc2)sc2ccccc24)c(-c2ccccc2)c1. The number of para-hydroxylation sites is 2. The summed E-state index contributed by atoms with van der Waals surface area (Å²) in [5.41, 5.74) is 21.7. The van der Waals surface area contributed by atoms with Gasteiger partial charge in [-0.3, -0.25) is 0 Å². The van der Waals surface area contributed by atoms with Crippen LogP contribution in [0.15, 0.2) is 164 Å². The minimum absolute atomic E-state index is 0.0589. The molecule has 0 radical (unpaired) electrons. The zero-order valence-electron chi connectivity index (χ0n) is 34.1. The Morgan fingerprint density at radius 2 is 1.25 bits per heavy atom. The molecule has 0 atom stereocenters. The van der Waals surface area contributed by atoms with E-state index in [0.717, 1.165) is 6.42 Å². The number of fused-ring (bicyclic) bond motifs is 7. The molecule has 9 aromatic rings. The Balaban J connectivity index is 1.30. The largest absolute Gasteiger partial charge is 0.376 e. The molecule has 59 heavy (non-hydrogen) atoms. The topological polar surface area (TPSA) is 6.48 Å². The molecule has 0 spiro atoms. The first kappa shape index (κ1) is 35.8. The summed E-state index contributed by atoms with van der Waals surface area (Å²) in [6.45, 7) is 9.00. The van der Waals surface area contributed by atoms with Crippen LogP contribution in [0.1, 0.15) is 42.0 Å². The second-order valence-corrected chi connectivity index (χ2v) is 17.6. The maximum Gasteiger partial charge on any atom is 0.333 e. The second-order valence-electron chi connectivity index (χ2n) is 16.5. The van der Waals surface area contributed by atoms with E-state index in [1.54, 1.807) is 0 Å². The lowest BCUT2D eigenvalue weighted by Gasteiger charge is -2.46. The molecule has 0 saturated carbocycles. The second kappa shape index (κ2) is 14.2. The first-order valence-corrected chi connectivity index (χ1v) is 21.9. The van der Waals surface area contributed by atoms with Crippen molar-refractivity contribution in [3.05, 3.63) is 186 Å². The van der Waals surface area contributed by atoms with E-state index < -0.39 is 0 Å². The standard InChI is InChI=1S/C55H45BN2S/c1-5-6-17-38-26-27-48(44(30-38)39-18-9-7-10-19-39)57-50-33-45-43-23-14-16-25-52(43)59-53(45)34-47(50)56-55-46(31-40(32-51(55)57)54-36(3)28-35(2)29-37(54)4)42-22-13-15-24-49(42)58(56)41-20-11-8-12-21-41/h7-16,18-34H,5-6,17H2,1-4H3. The van der Waals surface area contributed by atoms with Crippen LogP contribution in [0.2, 0.25) is 0 Å². The van der Waals surface area contributed by atoms with Crippen LogP contribution in [0, 0.1) is 20.8 Å². The summed E-state index contributed by atoms with van der Waals surface area (Å²) in [6, 6.07) is 62.1. The van der Waals surface area contributed by atoms with Crippen molar-refractivity contribution in [2.75, 3.05) is 9.71 Å². The summed E-state index contributed by atoms with van der Waals surface area (Å²) < 4.78 is 2.64. The number of hydrogen-bond acceptors (Lipinski definition) is 3. The number of rotatable bonds is 7. The molecule has 0 aliphatic carbocycles. The Kier molecular flexibility index (Phi) is 8.60. The molecule has 4 heteroatoms. The van der Waals surface area contributed by atoms with Crippen molar-refractivity contribution in [2.45, 2.75) is 47.0 Å². The smallest absolute Gasteiger partial charge is 0.333 e. The van der Waals surface area contributed by atoms with Crippen molar-refractivity contribution in [3.63, 3.8) is 0 Å². The van der Waals surface area contributed by atoms with Crippen LogP contribution >= 0.6 is 11.3 Å². The summed E-state index contributed by atoms with van der Waals surface area (Å²) >= 11 is 1.91. The first-order valence-electron chi connectivity index (χ1n) is 21.1. The van der Waals surface area contributed by atoms with E-state index in [0.29, 0.717) is 0 Å². The van der Waals surface area contributed by atoms with Gasteiger partial charge in [-0.05, 0) is 144 Å². The third-order valence-electron chi connectivity index (χ3n) is 12.7. The van der Waals surface area contributed by atoms with E-state index in [1.165, 1.54) is 128 Å². The number of benzene rings is 8. The van der Waals surface area contributed by atoms with E-state index in [4.69, 9.17) is 0 Å². The molecule has 0 N–H and O–H groups in total. The predicted octanol–water partition coefficient (Wildman–Crippen LogP) is 14.4. The van der Waals surface area contributed by atoms with Gasteiger partial charge in [0.2, 0.25) is 0 Å². The van der Waals surface area contributed by atoms with Gasteiger partial charge in [-0.2, -0.15) is 0 Å². The van der Waals surface area contributed by atoms with E-state index >= 15 is 0 Å². The van der Waals surface area contributed by atoms with Crippen LogP contribution in [-0.4, -0.2) is 6.85 Å². The van der Waals surface area contributed by atoms with Gasteiger partial charge in [0.05, 0.1) is 5.69 Å². The van der Waals surface area contributed by atoms with Crippen molar-refractivity contribution >= 4 is 77.7 Å². The van der Waals surface area contributed by atoms with Gasteiger partial charge >= 0.3 is 6.85 Å². The van der Waals surface area contributed by atoms with Gasteiger partial charge < -0.3 is 9.71 Å². The summed E-state index contributed by atoms with van der Waals surface area (Å²) in [6.07, 6.45) is 3.41. The van der Waals surface area contributed by atoms with Gasteiger partial charge in [-0.25, -0.2) is 0 Å². The van der Waals surface area contributed by atoms with Gasteiger partial charge in [-0.1, -0.05) is 122 Å². The Bertz CT molecular complexity index is 3070. The predicted molar refractivity (Wildman–Crippen MR) is 257 cm³/mol. The lowest BCUT2D eigenvalue weighted by molar-refractivity contribution is 0.795. The van der Waals surface area contributed by atoms with Crippen molar-refractivity contribution < 1.29 is 0 Å². The molecule has 284 valence electrons. The van der Waals surface area contributed by atoms with Crippen LogP contribution < -0.4 is 20.6 Å². The Morgan fingerprint density at radius 1 is 0.525 bits per heavy atom. The summed E-state index contributed by atoms with van der Waals surface area (Å²) in [5, 5.41) is 2.62. The quantitative estimate of drug-likeness (QED) is 0.149. The molecule has 2 nitrogen and oxygen atoms in total. The molecule has 0 bridgehead atoms. The zero-order valence-corrected chi connectivity index (χ0v) is 34.9. The normalized spacial score (nSPS) is 12.8. The first-order chi connectivity index (χ1) is 29.0. The molecule has 11 rings (SSSR count). The molecule has 0 amide bonds. The molecule has 1 aromatic heterocycles. The monoisotopic (exact) mass is 776 g/mol. The average molecular weight is 777 g/mol. The van der Waals surface area contributed by atoms with E-state index in [2.05, 4.69) is 201 Å². The molecular weight excluding hydrogens is 731 g/mol. The number of anilines is 5. The number of unbranched alkanes of at least 4 members (excludes halogenated alkanes) is 1. The van der Waals surface area contributed by atoms with Gasteiger partial charge in [0.1, 0.15) is 0 Å². The van der Waals surface area contributed by atoms with E-state index in [-0.39, 0.29) is 6.85 Å². The lowest BCUT2D eigenvalue weighted by Crippen LogP contribution is -2.61. The summed E-state index contributed by atoms with van der Waals surface area (Å²) in [7, 11) is 0. The Labute approximate surface area is 352 Å². The molecular formula is C55H45BN2S. The van der Waals surface area contributed by atoms with Crippen LogP contribution in [-0.2, 0) is 6.42 Å². The zero-order chi connectivity index (χ0) is 39.8. The number of nitrogens with zero attached hydrogens (tertiary/aromatic N) is 2. The van der Waals surface area contributed by atoms with Crippen LogP contribution in [0.3, 0.4) is 0 Å². The lowest BCUT2D eigenvalue weighted by atomic mass is 9.43. The maximum atomic E-state index is 2.64. The summed E-state index contributed by atoms with van der Waals surface area (Å²) in [5.74, 6) is 0. The maximum absolute atomic E-state index is 2.64. The highest BCUT2D eigenvalue weighted by Gasteiger charge is 2.46. The Hall–Kier alpha value is -6.36. The molecule has 3 heterocycles. The van der Waals surface area contributed by atoms with Gasteiger partial charge in [0.25, 0.3) is 0 Å². The number of aryl methyl sites for hydroxylation is 4. The fraction of sp³-hybridized carbons (Fsp3) is 0.127. The molecule has 2 aliphatic heterocycles. The molecule has 0 unspecified atom stereocenters. The number of hydrogen-bond donors (Lipinski definition) is 0. The van der Waals surface area contributed by atoms with Crippen LogP contribution in [0.5, 0.6) is 0 Å². The minimum Gasteiger partial charge on any atom is -0.376 e. The fourth-order valence-corrected chi connectivity index (χ4v) is 11.3. The molecule has 2 aliphatic rings. The van der Waals surface area contributed by atoms with Crippen molar-refractivity contribution in [2.24, 2.45) is 0 Å². The third kappa shape index (κ3) is 5.76. The average Bonchev–Trinajstić information content (AvgIpc) is 3.63.